The summed E-state index contributed by atoms with van der Waals surface area (Å²) in [7, 11) is -4.53. The minimum atomic E-state index is -4.53. The number of hydrogen-bond donors (Lipinski definition) is 2. The van der Waals surface area contributed by atoms with Crippen molar-refractivity contribution in [1.29, 1.82) is 0 Å². The smallest absolute Gasteiger partial charge is 0.298 e. The van der Waals surface area contributed by atoms with Gasteiger partial charge >= 0.3 is 0 Å². The van der Waals surface area contributed by atoms with Gasteiger partial charge in [-0.1, -0.05) is 67.3 Å². The highest BCUT2D eigenvalue weighted by Gasteiger charge is 2.53. The fourth-order valence-electron chi connectivity index (χ4n) is 6.77. The second kappa shape index (κ2) is 13.0. The number of rotatable bonds is 10. The lowest BCUT2D eigenvalue weighted by Gasteiger charge is -2.52. The number of amides is 1. The zero-order valence-electron chi connectivity index (χ0n) is 24.9. The van der Waals surface area contributed by atoms with Crippen LogP contribution in [0.5, 0.6) is 5.75 Å². The molecule has 2 heterocycles. The number of nitrogens with zero attached hydrogens (tertiary/aromatic N) is 1. The lowest BCUT2D eigenvalue weighted by atomic mass is 9.66. The van der Waals surface area contributed by atoms with Crippen LogP contribution in [-0.2, 0) is 20.7 Å². The number of halogens is 3. The molecular weight excluding hydrogens is 620 g/mol. The molecule has 2 unspecified atom stereocenters. The summed E-state index contributed by atoms with van der Waals surface area (Å²) < 4.78 is 67.7. The van der Waals surface area contributed by atoms with E-state index in [4.69, 9.17) is 22.1 Å². The molecule has 45 heavy (non-hydrogen) atoms. The molecule has 3 aromatic rings. The van der Waals surface area contributed by atoms with Gasteiger partial charge in [0.15, 0.2) is 6.04 Å². The molecule has 11 heteroatoms. The summed E-state index contributed by atoms with van der Waals surface area (Å²) in [5, 5.41) is 0.549. The van der Waals surface area contributed by atoms with Crippen LogP contribution in [0.1, 0.15) is 44.1 Å². The Morgan fingerprint density at radius 2 is 1.51 bits per heavy atom. The lowest BCUT2D eigenvalue weighted by Crippen LogP contribution is -2.66. The molecule has 2 aliphatic carbocycles. The van der Waals surface area contributed by atoms with Crippen LogP contribution in [-0.4, -0.2) is 51.0 Å². The Labute approximate surface area is 268 Å². The molecule has 0 radical (unpaired) electrons. The highest BCUT2D eigenvalue weighted by Crippen LogP contribution is 2.41. The number of benzene rings is 3. The maximum Gasteiger partial charge on any atom is 0.298 e. The molecule has 2 aliphatic heterocycles. The molecule has 7 nitrogen and oxygen atoms in total. The van der Waals surface area contributed by atoms with E-state index in [1.54, 1.807) is 24.3 Å². The summed E-state index contributed by atoms with van der Waals surface area (Å²) >= 11 is 5.98. The second-order valence-corrected chi connectivity index (χ2v) is 14.8. The molecule has 3 aromatic carbocycles. The first-order valence-electron chi connectivity index (χ1n) is 15.5. The standard InChI is InChI=1S/C34H38ClF2N3O4S/c35-28-12-8-24(9-13-28)23-6-10-27(11-7-23)34(36,37)32(33(41)40-19-25-18-26(20-40)31(25)38)39-45(42,43)30-16-14-29(15-17-30)44-21-22-4-2-1-3-5-22/h6-17,22,25-26,31-32,39H,1-5,18-21,38H2/t25?,26?,31?,32-/m1/s1. The first-order valence-corrected chi connectivity index (χ1v) is 17.4. The maximum absolute atomic E-state index is 16.3. The molecule has 2 saturated heterocycles. The molecular formula is C34H38ClF2N3O4S. The largest absolute Gasteiger partial charge is 0.493 e. The van der Waals surface area contributed by atoms with Crippen molar-refractivity contribution in [2.75, 3.05) is 19.7 Å². The summed E-state index contributed by atoms with van der Waals surface area (Å²) in [4.78, 5) is 14.8. The minimum Gasteiger partial charge on any atom is -0.493 e. The van der Waals surface area contributed by atoms with Crippen molar-refractivity contribution < 1.29 is 26.7 Å². The van der Waals surface area contributed by atoms with Crippen molar-refractivity contribution in [1.82, 2.24) is 9.62 Å². The number of alkyl halides is 2. The molecule has 2 saturated carbocycles. The van der Waals surface area contributed by atoms with E-state index in [1.807, 2.05) is 0 Å². The number of nitrogens with one attached hydrogen (secondary N) is 1. The number of hydrogen-bond acceptors (Lipinski definition) is 5. The first-order chi connectivity index (χ1) is 21.5. The van der Waals surface area contributed by atoms with Crippen LogP contribution in [0, 0.1) is 17.8 Å². The molecule has 240 valence electrons. The summed E-state index contributed by atoms with van der Waals surface area (Å²) in [5.74, 6) is -3.85. The number of fused-ring (bicyclic) bond motifs is 2. The zero-order valence-corrected chi connectivity index (χ0v) is 26.5. The third-order valence-corrected chi connectivity index (χ3v) is 11.3. The monoisotopic (exact) mass is 657 g/mol. The van der Waals surface area contributed by atoms with Gasteiger partial charge in [0.25, 0.3) is 5.92 Å². The Hall–Kier alpha value is -3.05. The Bertz CT molecular complexity index is 1590. The average Bonchev–Trinajstić information content (AvgIpc) is 3.07. The number of sulfonamides is 1. The number of ether oxygens (including phenoxy) is 1. The van der Waals surface area contributed by atoms with Gasteiger partial charge in [0, 0.05) is 29.7 Å². The van der Waals surface area contributed by atoms with Crippen molar-refractivity contribution in [3.05, 3.63) is 83.4 Å². The Morgan fingerprint density at radius 3 is 2.09 bits per heavy atom. The first kappa shape index (κ1) is 31.9. The lowest BCUT2D eigenvalue weighted by molar-refractivity contribution is -0.151. The van der Waals surface area contributed by atoms with Crippen LogP contribution >= 0.6 is 11.6 Å². The van der Waals surface area contributed by atoms with Crippen molar-refractivity contribution >= 4 is 27.5 Å². The van der Waals surface area contributed by atoms with Gasteiger partial charge in [-0.15, -0.1) is 0 Å². The van der Waals surface area contributed by atoms with Crippen molar-refractivity contribution in [2.45, 2.75) is 61.4 Å². The summed E-state index contributed by atoms with van der Waals surface area (Å²) in [5.41, 5.74) is 7.12. The van der Waals surface area contributed by atoms with E-state index in [0.29, 0.717) is 28.9 Å². The van der Waals surface area contributed by atoms with E-state index < -0.39 is 33.5 Å². The molecule has 4 aliphatic rings. The van der Waals surface area contributed by atoms with E-state index in [0.717, 1.165) is 24.8 Å². The predicted molar refractivity (Wildman–Crippen MR) is 170 cm³/mol. The van der Waals surface area contributed by atoms with Gasteiger partial charge in [-0.25, -0.2) is 8.42 Å². The van der Waals surface area contributed by atoms with Crippen LogP contribution in [0.2, 0.25) is 5.02 Å². The average molecular weight is 658 g/mol. The van der Waals surface area contributed by atoms with Crippen LogP contribution in [0.15, 0.2) is 77.7 Å². The van der Waals surface area contributed by atoms with Crippen LogP contribution in [0.4, 0.5) is 8.78 Å². The van der Waals surface area contributed by atoms with Crippen LogP contribution < -0.4 is 15.2 Å². The van der Waals surface area contributed by atoms with E-state index in [2.05, 4.69) is 4.72 Å². The summed E-state index contributed by atoms with van der Waals surface area (Å²) in [6, 6.07) is 15.6. The van der Waals surface area contributed by atoms with E-state index in [9.17, 15) is 13.2 Å². The molecule has 7 rings (SSSR count). The third-order valence-electron chi connectivity index (χ3n) is 9.59. The van der Waals surface area contributed by atoms with E-state index in [1.165, 1.54) is 72.7 Å². The molecule has 3 N–H and O–H groups in total. The second-order valence-electron chi connectivity index (χ2n) is 12.6. The Morgan fingerprint density at radius 1 is 0.933 bits per heavy atom. The summed E-state index contributed by atoms with van der Waals surface area (Å²) in [6.45, 7) is 0.978. The van der Waals surface area contributed by atoms with Gasteiger partial charge in [0.1, 0.15) is 5.75 Å². The highest BCUT2D eigenvalue weighted by atomic mass is 35.5. The van der Waals surface area contributed by atoms with Crippen LogP contribution in [0.25, 0.3) is 11.1 Å². The molecule has 0 spiro atoms. The highest BCUT2D eigenvalue weighted by molar-refractivity contribution is 7.89. The van der Waals surface area contributed by atoms with Gasteiger partial charge < -0.3 is 15.4 Å². The zero-order chi connectivity index (χ0) is 31.8. The maximum atomic E-state index is 16.3. The molecule has 4 fully saturated rings. The van der Waals surface area contributed by atoms with Crippen molar-refractivity contribution in [2.24, 2.45) is 23.5 Å². The van der Waals surface area contributed by atoms with Gasteiger partial charge in [-0.2, -0.15) is 13.5 Å². The number of carbonyl (C=O) groups excluding carboxylic acids is 1. The molecule has 0 aromatic heterocycles. The number of nitrogens with two attached hydrogens (primary N) is 1. The molecule has 2 bridgehead atoms. The van der Waals surface area contributed by atoms with Crippen molar-refractivity contribution in [3.8, 4) is 16.9 Å². The minimum absolute atomic E-state index is 0.0124. The fraction of sp³-hybridized carbons (Fsp3) is 0.441. The SMILES string of the molecule is NC1C2CC1CN(C(=O)[C@@H](NS(=O)(=O)c1ccc(OCC3CCCCC3)cc1)C(F)(F)c1ccc(-c3ccc(Cl)cc3)cc1)C2. The van der Waals surface area contributed by atoms with Crippen molar-refractivity contribution in [3.63, 3.8) is 0 Å². The van der Waals surface area contributed by atoms with Gasteiger partial charge in [0.2, 0.25) is 15.9 Å². The quantitative estimate of drug-likeness (QED) is 0.270. The number of carbonyl (C=O) groups is 1. The van der Waals surface area contributed by atoms with E-state index in [-0.39, 0.29) is 35.9 Å². The molecule has 3 atom stereocenters. The Balaban J connectivity index is 1.23. The number of piperidine rings is 2. The topological polar surface area (TPSA) is 102 Å². The third kappa shape index (κ3) is 6.89. The summed E-state index contributed by atoms with van der Waals surface area (Å²) in [6.07, 6.45) is 6.64. The molecule has 1 amide bonds. The fourth-order valence-corrected chi connectivity index (χ4v) is 8.08. The Kier molecular flexibility index (Phi) is 9.21. The van der Waals surface area contributed by atoms with Gasteiger partial charge in [-0.3, -0.25) is 4.79 Å². The van der Waals surface area contributed by atoms with Gasteiger partial charge in [-0.05, 0) is 84.5 Å². The normalized spacial score (nSPS) is 22.8. The van der Waals surface area contributed by atoms with Crippen LogP contribution in [0.3, 0.4) is 0 Å². The van der Waals surface area contributed by atoms with Gasteiger partial charge in [0.05, 0.1) is 11.5 Å². The predicted octanol–water partition coefficient (Wildman–Crippen LogP) is 6.21. The van der Waals surface area contributed by atoms with E-state index >= 15 is 8.78 Å².